The first-order valence-electron chi connectivity index (χ1n) is 6.85. The van der Waals surface area contributed by atoms with Crippen LogP contribution in [0.4, 0.5) is 0 Å². The number of amides is 1. The van der Waals surface area contributed by atoms with Gasteiger partial charge in [0.1, 0.15) is 5.75 Å². The number of carbonyl (C=O) groups is 1. The third-order valence-corrected chi connectivity index (χ3v) is 3.11. The Kier molecular flexibility index (Phi) is 5.11. The number of likely N-dealkylation sites (N-methyl/N-ethyl adjacent to an activating group) is 2. The number of methoxy groups -OCH3 is 1. The highest BCUT2D eigenvalue weighted by Crippen LogP contribution is 2.21. The monoisotopic (exact) mass is 304 g/mol. The third kappa shape index (κ3) is 4.05. The Morgan fingerprint density at radius 2 is 2.09 bits per heavy atom. The van der Waals surface area contributed by atoms with E-state index < -0.39 is 0 Å². The van der Waals surface area contributed by atoms with Gasteiger partial charge in [-0.2, -0.15) is 4.98 Å². The normalized spacial score (nSPS) is 10.8. The molecule has 0 atom stereocenters. The molecule has 1 amide bonds. The van der Waals surface area contributed by atoms with Crippen molar-refractivity contribution < 1.29 is 14.1 Å². The molecule has 118 valence electrons. The summed E-state index contributed by atoms with van der Waals surface area (Å²) in [5.41, 5.74) is 0.821. The quantitative estimate of drug-likeness (QED) is 0.800. The summed E-state index contributed by atoms with van der Waals surface area (Å²) in [5.74, 6) is 1.72. The second kappa shape index (κ2) is 7.04. The molecule has 0 radical (unpaired) electrons. The van der Waals surface area contributed by atoms with E-state index in [1.807, 2.05) is 36.2 Å². The molecule has 0 unspecified atom stereocenters. The van der Waals surface area contributed by atoms with Crippen molar-refractivity contribution in [3.8, 4) is 17.1 Å². The van der Waals surface area contributed by atoms with Crippen LogP contribution in [-0.4, -0.2) is 60.6 Å². The molecule has 0 saturated heterocycles. The average Bonchev–Trinajstić information content (AvgIpc) is 2.95. The van der Waals surface area contributed by atoms with Crippen LogP contribution in [-0.2, 0) is 11.3 Å². The second-order valence-corrected chi connectivity index (χ2v) is 5.20. The van der Waals surface area contributed by atoms with Crippen molar-refractivity contribution in [2.75, 3.05) is 34.8 Å². The number of aromatic nitrogens is 2. The number of ether oxygens (including phenoxy) is 1. The number of carbonyl (C=O) groups excluding carboxylic acids is 1. The summed E-state index contributed by atoms with van der Waals surface area (Å²) >= 11 is 0. The maximum Gasteiger partial charge on any atom is 0.241 e. The van der Waals surface area contributed by atoms with E-state index in [0.29, 0.717) is 24.8 Å². The molecule has 0 aliphatic rings. The van der Waals surface area contributed by atoms with Gasteiger partial charge in [0.25, 0.3) is 0 Å². The van der Waals surface area contributed by atoms with Crippen molar-refractivity contribution in [2.24, 2.45) is 0 Å². The number of rotatable bonds is 6. The highest BCUT2D eigenvalue weighted by atomic mass is 16.5. The van der Waals surface area contributed by atoms with Crippen LogP contribution < -0.4 is 4.74 Å². The van der Waals surface area contributed by atoms with Crippen molar-refractivity contribution in [1.82, 2.24) is 19.9 Å². The van der Waals surface area contributed by atoms with Gasteiger partial charge in [0.15, 0.2) is 0 Å². The smallest absolute Gasteiger partial charge is 0.241 e. The zero-order valence-corrected chi connectivity index (χ0v) is 13.2. The summed E-state index contributed by atoms with van der Waals surface area (Å²) < 4.78 is 10.4. The summed E-state index contributed by atoms with van der Waals surface area (Å²) in [5, 5.41) is 3.97. The SMILES string of the molecule is COc1cccc(-c2noc(CN(C)CC(=O)N(C)C)n2)c1. The summed E-state index contributed by atoms with van der Waals surface area (Å²) in [6.07, 6.45) is 0. The van der Waals surface area contributed by atoms with Crippen molar-refractivity contribution in [3.63, 3.8) is 0 Å². The zero-order valence-electron chi connectivity index (χ0n) is 13.2. The first-order chi connectivity index (χ1) is 10.5. The largest absolute Gasteiger partial charge is 0.497 e. The van der Waals surface area contributed by atoms with Crippen LogP contribution in [0.15, 0.2) is 28.8 Å². The van der Waals surface area contributed by atoms with Crippen LogP contribution in [0.5, 0.6) is 5.75 Å². The van der Waals surface area contributed by atoms with E-state index in [9.17, 15) is 4.79 Å². The molecule has 1 aromatic carbocycles. The van der Waals surface area contributed by atoms with Crippen molar-refractivity contribution in [3.05, 3.63) is 30.2 Å². The van der Waals surface area contributed by atoms with Gasteiger partial charge < -0.3 is 14.2 Å². The minimum absolute atomic E-state index is 0.0232. The van der Waals surface area contributed by atoms with Crippen molar-refractivity contribution in [2.45, 2.75) is 6.54 Å². The fourth-order valence-corrected chi connectivity index (χ4v) is 1.86. The Morgan fingerprint density at radius 1 is 1.32 bits per heavy atom. The molecular weight excluding hydrogens is 284 g/mol. The number of hydrogen-bond donors (Lipinski definition) is 0. The maximum absolute atomic E-state index is 11.6. The van der Waals surface area contributed by atoms with Gasteiger partial charge in [0.2, 0.25) is 17.6 Å². The first-order valence-corrected chi connectivity index (χ1v) is 6.85. The molecule has 0 saturated carbocycles. The van der Waals surface area contributed by atoms with Gasteiger partial charge in [-0.3, -0.25) is 9.69 Å². The lowest BCUT2D eigenvalue weighted by Gasteiger charge is -2.16. The molecule has 7 heteroatoms. The number of nitrogens with zero attached hydrogens (tertiary/aromatic N) is 4. The van der Waals surface area contributed by atoms with Crippen molar-refractivity contribution >= 4 is 5.91 Å². The highest BCUT2D eigenvalue weighted by molar-refractivity contribution is 5.77. The third-order valence-electron chi connectivity index (χ3n) is 3.11. The van der Waals surface area contributed by atoms with E-state index in [4.69, 9.17) is 9.26 Å². The molecule has 0 fully saturated rings. The van der Waals surface area contributed by atoms with Crippen LogP contribution in [0.2, 0.25) is 0 Å². The number of hydrogen-bond acceptors (Lipinski definition) is 6. The van der Waals surface area contributed by atoms with Gasteiger partial charge in [-0.1, -0.05) is 17.3 Å². The molecule has 0 bridgehead atoms. The predicted octanol–water partition coefficient (Wildman–Crippen LogP) is 1.27. The molecule has 2 aromatic rings. The van der Waals surface area contributed by atoms with E-state index in [-0.39, 0.29) is 5.91 Å². The van der Waals surface area contributed by atoms with E-state index >= 15 is 0 Å². The lowest BCUT2D eigenvalue weighted by Crippen LogP contribution is -2.34. The van der Waals surface area contributed by atoms with Crippen LogP contribution in [0.25, 0.3) is 11.4 Å². The fourth-order valence-electron chi connectivity index (χ4n) is 1.86. The molecular formula is C15H20N4O3. The van der Waals surface area contributed by atoms with Gasteiger partial charge in [-0.05, 0) is 19.2 Å². The summed E-state index contributed by atoms with van der Waals surface area (Å²) in [4.78, 5) is 19.4. The topological polar surface area (TPSA) is 71.7 Å². The highest BCUT2D eigenvalue weighted by Gasteiger charge is 2.14. The molecule has 0 N–H and O–H groups in total. The molecule has 0 aliphatic carbocycles. The lowest BCUT2D eigenvalue weighted by atomic mass is 10.2. The Morgan fingerprint density at radius 3 is 2.77 bits per heavy atom. The standard InChI is InChI=1S/C15H20N4O3/c1-18(2)14(20)10-19(3)9-13-16-15(17-22-13)11-6-5-7-12(8-11)21-4/h5-8H,9-10H2,1-4H3. The molecule has 0 spiro atoms. The van der Waals surface area contributed by atoms with Crippen LogP contribution in [0.3, 0.4) is 0 Å². The maximum atomic E-state index is 11.6. The lowest BCUT2D eigenvalue weighted by molar-refractivity contribution is -0.129. The van der Waals surface area contributed by atoms with Gasteiger partial charge in [-0.15, -0.1) is 0 Å². The van der Waals surface area contributed by atoms with E-state index in [0.717, 1.165) is 11.3 Å². The summed E-state index contributed by atoms with van der Waals surface area (Å²) in [6.45, 7) is 0.709. The van der Waals surface area contributed by atoms with Crippen LogP contribution in [0, 0.1) is 0 Å². The van der Waals surface area contributed by atoms with Crippen molar-refractivity contribution in [1.29, 1.82) is 0 Å². The van der Waals surface area contributed by atoms with Gasteiger partial charge >= 0.3 is 0 Å². The number of benzene rings is 1. The second-order valence-electron chi connectivity index (χ2n) is 5.20. The van der Waals surface area contributed by atoms with Gasteiger partial charge in [-0.25, -0.2) is 0 Å². The first kappa shape index (κ1) is 16.0. The van der Waals surface area contributed by atoms with Gasteiger partial charge in [0, 0.05) is 19.7 Å². The molecule has 1 heterocycles. The zero-order chi connectivity index (χ0) is 16.1. The Hall–Kier alpha value is -2.41. The van der Waals surface area contributed by atoms with Crippen LogP contribution in [0.1, 0.15) is 5.89 Å². The average molecular weight is 304 g/mol. The predicted molar refractivity (Wildman–Crippen MR) is 81.3 cm³/mol. The molecule has 1 aromatic heterocycles. The molecule has 0 aliphatic heterocycles. The Balaban J connectivity index is 2.03. The summed E-state index contributed by atoms with van der Waals surface area (Å²) in [6, 6.07) is 7.45. The molecule has 22 heavy (non-hydrogen) atoms. The Bertz CT molecular complexity index is 639. The summed E-state index contributed by atoms with van der Waals surface area (Å²) in [7, 11) is 6.89. The Labute approximate surface area is 129 Å². The molecule has 2 rings (SSSR count). The van der Waals surface area contributed by atoms with E-state index in [2.05, 4.69) is 10.1 Å². The van der Waals surface area contributed by atoms with E-state index in [1.165, 1.54) is 0 Å². The molecule has 7 nitrogen and oxygen atoms in total. The van der Waals surface area contributed by atoms with Crippen LogP contribution >= 0.6 is 0 Å². The minimum Gasteiger partial charge on any atom is -0.497 e. The fraction of sp³-hybridized carbons (Fsp3) is 0.400. The van der Waals surface area contributed by atoms with Gasteiger partial charge in [0.05, 0.1) is 20.2 Å². The minimum atomic E-state index is 0.0232. The van der Waals surface area contributed by atoms with E-state index in [1.54, 1.807) is 26.1 Å².